The molecule has 0 aliphatic carbocycles. The Morgan fingerprint density at radius 1 is 1.69 bits per heavy atom. The molecule has 1 aliphatic rings. The first-order chi connectivity index (χ1) is 7.63. The molecule has 4 nitrogen and oxygen atoms in total. The van der Waals surface area contributed by atoms with Gasteiger partial charge >= 0.3 is 0 Å². The summed E-state index contributed by atoms with van der Waals surface area (Å²) < 4.78 is 0. The lowest BCUT2D eigenvalue weighted by Crippen LogP contribution is -2.37. The number of hydrogen-bond donors (Lipinski definition) is 1. The Morgan fingerprint density at radius 2 is 2.44 bits per heavy atom. The molecular formula is C11H17N3OS. The summed E-state index contributed by atoms with van der Waals surface area (Å²) in [6.45, 7) is 4.85. The summed E-state index contributed by atoms with van der Waals surface area (Å²) in [4.78, 5) is 18.4. The Bertz CT molecular complexity index is 390. The van der Waals surface area contributed by atoms with E-state index in [1.807, 2.05) is 31.2 Å². The van der Waals surface area contributed by atoms with Gasteiger partial charge in [-0.25, -0.2) is 4.98 Å². The zero-order valence-corrected chi connectivity index (χ0v) is 10.7. The first-order valence-electron chi connectivity index (χ1n) is 5.53. The van der Waals surface area contributed by atoms with Crippen molar-refractivity contribution < 1.29 is 4.79 Å². The number of amides is 1. The van der Waals surface area contributed by atoms with Crippen LogP contribution < -0.4 is 5.32 Å². The first-order valence-corrected chi connectivity index (χ1v) is 6.41. The molecule has 1 aliphatic heterocycles. The van der Waals surface area contributed by atoms with Crippen molar-refractivity contribution >= 4 is 17.2 Å². The zero-order chi connectivity index (χ0) is 11.7. The molecule has 0 radical (unpaired) electrons. The average molecular weight is 239 g/mol. The minimum atomic E-state index is -0.0106. The molecule has 2 atom stereocenters. The van der Waals surface area contributed by atoms with Crippen LogP contribution in [-0.2, 0) is 4.79 Å². The lowest BCUT2D eigenvalue weighted by atomic mass is 10.2. The van der Waals surface area contributed by atoms with Crippen LogP contribution in [0, 0.1) is 6.92 Å². The van der Waals surface area contributed by atoms with E-state index in [-0.39, 0.29) is 18.0 Å². The number of thiazole rings is 1. The quantitative estimate of drug-likeness (QED) is 0.865. The van der Waals surface area contributed by atoms with Gasteiger partial charge in [0, 0.05) is 17.6 Å². The van der Waals surface area contributed by atoms with E-state index in [1.54, 1.807) is 11.3 Å². The number of nitrogens with zero attached hydrogens (tertiary/aromatic N) is 2. The van der Waals surface area contributed by atoms with Crippen LogP contribution in [0.5, 0.6) is 0 Å². The van der Waals surface area contributed by atoms with E-state index in [2.05, 4.69) is 10.3 Å². The van der Waals surface area contributed by atoms with Crippen LogP contribution in [0.3, 0.4) is 0 Å². The maximum absolute atomic E-state index is 12.0. The Hall–Kier alpha value is -0.940. The maximum atomic E-state index is 12.0. The highest BCUT2D eigenvalue weighted by molar-refractivity contribution is 7.09. The number of likely N-dealkylation sites (N-methyl/N-ethyl adjacent to an activating group) is 1. The van der Waals surface area contributed by atoms with Crippen LogP contribution in [0.4, 0.5) is 0 Å². The summed E-state index contributed by atoms with van der Waals surface area (Å²) in [5.74, 6) is 0.197. The van der Waals surface area contributed by atoms with Crippen molar-refractivity contribution in [2.75, 3.05) is 13.6 Å². The molecule has 1 saturated heterocycles. The molecule has 1 N–H and O–H groups in total. The molecule has 2 heterocycles. The topological polar surface area (TPSA) is 45.2 Å². The van der Waals surface area contributed by atoms with Crippen LogP contribution in [-0.4, -0.2) is 35.4 Å². The summed E-state index contributed by atoms with van der Waals surface area (Å²) in [6, 6.07) is 0.0908. The fraction of sp³-hybridized carbons (Fsp3) is 0.636. The summed E-state index contributed by atoms with van der Waals surface area (Å²) in [7, 11) is 1.84. The number of carbonyl (C=O) groups excluding carboxylic acids is 1. The van der Waals surface area contributed by atoms with Crippen molar-refractivity contribution in [2.45, 2.75) is 32.4 Å². The highest BCUT2D eigenvalue weighted by atomic mass is 32.1. The van der Waals surface area contributed by atoms with Crippen LogP contribution in [0.1, 0.15) is 30.1 Å². The van der Waals surface area contributed by atoms with E-state index >= 15 is 0 Å². The van der Waals surface area contributed by atoms with Crippen molar-refractivity contribution in [1.82, 2.24) is 15.2 Å². The summed E-state index contributed by atoms with van der Waals surface area (Å²) in [5, 5.41) is 6.11. The number of aryl methyl sites for hydroxylation is 1. The van der Waals surface area contributed by atoms with Gasteiger partial charge in [0.2, 0.25) is 5.91 Å². The van der Waals surface area contributed by atoms with Gasteiger partial charge < -0.3 is 10.2 Å². The van der Waals surface area contributed by atoms with Crippen LogP contribution in [0.25, 0.3) is 0 Å². The molecule has 2 unspecified atom stereocenters. The Balaban J connectivity index is 2.11. The van der Waals surface area contributed by atoms with Gasteiger partial charge in [0.15, 0.2) is 0 Å². The number of carbonyl (C=O) groups is 1. The zero-order valence-electron chi connectivity index (χ0n) is 9.86. The molecule has 1 aromatic heterocycles. The van der Waals surface area contributed by atoms with Gasteiger partial charge in [-0.1, -0.05) is 0 Å². The predicted molar refractivity (Wildman–Crippen MR) is 64.4 cm³/mol. The van der Waals surface area contributed by atoms with E-state index in [1.165, 1.54) is 0 Å². The molecule has 0 spiro atoms. The number of rotatable bonds is 3. The second kappa shape index (κ2) is 4.51. The third-order valence-corrected chi connectivity index (χ3v) is 4.18. The Kier molecular flexibility index (Phi) is 3.25. The molecule has 88 valence electrons. The molecule has 1 amide bonds. The van der Waals surface area contributed by atoms with Crippen molar-refractivity contribution in [2.24, 2.45) is 0 Å². The molecule has 5 heteroatoms. The molecule has 0 bridgehead atoms. The monoisotopic (exact) mass is 239 g/mol. The second-order valence-electron chi connectivity index (χ2n) is 4.16. The van der Waals surface area contributed by atoms with Gasteiger partial charge in [0.05, 0.1) is 12.1 Å². The third kappa shape index (κ3) is 1.97. The lowest BCUT2D eigenvalue weighted by molar-refractivity contribution is -0.131. The van der Waals surface area contributed by atoms with E-state index in [4.69, 9.17) is 0 Å². The lowest BCUT2D eigenvalue weighted by Gasteiger charge is -2.22. The van der Waals surface area contributed by atoms with Gasteiger partial charge in [-0.15, -0.1) is 11.3 Å². The largest absolute Gasteiger partial charge is 0.332 e. The predicted octanol–water partition coefficient (Wildman–Crippen LogP) is 1.33. The van der Waals surface area contributed by atoms with Crippen molar-refractivity contribution in [3.8, 4) is 0 Å². The molecule has 2 rings (SSSR count). The van der Waals surface area contributed by atoms with Gasteiger partial charge in [-0.2, -0.15) is 0 Å². The van der Waals surface area contributed by atoms with Gasteiger partial charge in [0.25, 0.3) is 0 Å². The van der Waals surface area contributed by atoms with Crippen LogP contribution >= 0.6 is 11.3 Å². The van der Waals surface area contributed by atoms with Crippen molar-refractivity contribution in [1.29, 1.82) is 0 Å². The fourth-order valence-electron chi connectivity index (χ4n) is 2.05. The van der Waals surface area contributed by atoms with E-state index in [0.29, 0.717) is 0 Å². The fourth-order valence-corrected chi connectivity index (χ4v) is 2.92. The van der Waals surface area contributed by atoms with Gasteiger partial charge in [0.1, 0.15) is 5.01 Å². The highest BCUT2D eigenvalue weighted by Crippen LogP contribution is 2.27. The van der Waals surface area contributed by atoms with Crippen molar-refractivity contribution in [3.63, 3.8) is 0 Å². The van der Waals surface area contributed by atoms with Crippen molar-refractivity contribution in [3.05, 3.63) is 16.1 Å². The van der Waals surface area contributed by atoms with Gasteiger partial charge in [-0.05, 0) is 27.3 Å². The second-order valence-corrected chi connectivity index (χ2v) is 5.05. The maximum Gasteiger partial charge on any atom is 0.240 e. The Labute approximate surface area is 99.7 Å². The average Bonchev–Trinajstić information content (AvgIpc) is 2.84. The number of hydrogen-bond acceptors (Lipinski definition) is 4. The summed E-state index contributed by atoms with van der Waals surface area (Å²) in [6.07, 6.45) is 0.893. The number of aromatic nitrogens is 1. The molecular weight excluding hydrogens is 222 g/mol. The highest BCUT2D eigenvalue weighted by Gasteiger charge is 2.34. The summed E-state index contributed by atoms with van der Waals surface area (Å²) >= 11 is 1.63. The molecule has 0 aromatic carbocycles. The normalized spacial score (nSPS) is 22.8. The number of nitrogens with one attached hydrogen (secondary N) is 1. The van der Waals surface area contributed by atoms with Gasteiger partial charge in [-0.3, -0.25) is 4.79 Å². The van der Waals surface area contributed by atoms with E-state index in [0.717, 1.165) is 23.7 Å². The molecule has 1 aromatic rings. The molecule has 0 saturated carbocycles. The van der Waals surface area contributed by atoms with E-state index < -0.39 is 0 Å². The summed E-state index contributed by atoms with van der Waals surface area (Å²) in [5.41, 5.74) is 1.03. The first kappa shape index (κ1) is 11.5. The minimum Gasteiger partial charge on any atom is -0.332 e. The SMILES string of the molecule is CNC1CCN(C(C)c2nc(C)cs2)C1=O. The minimum absolute atomic E-state index is 0.0106. The third-order valence-electron chi connectivity index (χ3n) is 3.05. The van der Waals surface area contributed by atoms with Crippen LogP contribution in [0.2, 0.25) is 0 Å². The smallest absolute Gasteiger partial charge is 0.240 e. The number of likely N-dealkylation sites (tertiary alicyclic amines) is 1. The Morgan fingerprint density at radius 3 is 2.94 bits per heavy atom. The molecule has 16 heavy (non-hydrogen) atoms. The van der Waals surface area contributed by atoms with Crippen LogP contribution in [0.15, 0.2) is 5.38 Å². The standard InChI is InChI=1S/C11H17N3OS/c1-7-6-16-10(13-7)8(2)14-5-4-9(12-3)11(14)15/h6,8-9,12H,4-5H2,1-3H3. The molecule has 1 fully saturated rings. The van der Waals surface area contributed by atoms with E-state index in [9.17, 15) is 4.79 Å².